The largest absolute Gasteiger partial charge is 0.497 e. The molecule has 2 heterocycles. The molecule has 0 bridgehead atoms. The molecular formula is C31H38N6O6. The molecule has 0 saturated heterocycles. The number of carbonyl (C=O) groups is 2. The third kappa shape index (κ3) is 7.91. The van der Waals surface area contributed by atoms with Crippen LogP contribution in [0, 0.1) is 6.92 Å². The molecule has 43 heavy (non-hydrogen) atoms. The maximum absolute atomic E-state index is 14.0. The highest BCUT2D eigenvalue weighted by Gasteiger charge is 2.35. The van der Waals surface area contributed by atoms with Crippen molar-refractivity contribution in [1.82, 2.24) is 30.4 Å². The summed E-state index contributed by atoms with van der Waals surface area (Å²) in [4.78, 5) is 30.4. The average Bonchev–Trinajstić information content (AvgIpc) is 3.62. The van der Waals surface area contributed by atoms with Crippen molar-refractivity contribution in [3.63, 3.8) is 0 Å². The maximum Gasteiger partial charge on any atom is 0.251 e. The van der Waals surface area contributed by atoms with Gasteiger partial charge < -0.3 is 28.8 Å². The van der Waals surface area contributed by atoms with Crippen molar-refractivity contribution in [3.8, 4) is 28.6 Å². The number of nitrogens with zero attached hydrogens (tertiary/aromatic N) is 5. The molecule has 2 aromatic heterocycles. The van der Waals surface area contributed by atoms with Crippen LogP contribution in [0.15, 0.2) is 59.0 Å². The van der Waals surface area contributed by atoms with Crippen molar-refractivity contribution in [1.29, 1.82) is 0 Å². The Kier molecular flexibility index (Phi) is 9.69. The molecule has 0 radical (unpaired) electrons. The van der Waals surface area contributed by atoms with E-state index in [-0.39, 0.29) is 24.9 Å². The lowest BCUT2D eigenvalue weighted by atomic mass is 10.0. The number of hydrogen-bond donors (Lipinski definition) is 1. The number of aryl methyl sites for hydroxylation is 1. The summed E-state index contributed by atoms with van der Waals surface area (Å²) in [5.74, 6) is 2.44. The Bertz CT molecular complexity index is 1540. The van der Waals surface area contributed by atoms with Gasteiger partial charge in [0, 0.05) is 17.6 Å². The van der Waals surface area contributed by atoms with Gasteiger partial charge in [0.15, 0.2) is 17.5 Å². The van der Waals surface area contributed by atoms with Crippen molar-refractivity contribution in [2.24, 2.45) is 0 Å². The molecule has 0 aliphatic carbocycles. The molecule has 2 amide bonds. The van der Waals surface area contributed by atoms with E-state index in [0.29, 0.717) is 41.0 Å². The molecule has 0 fully saturated rings. The number of nitrogens with one attached hydrogen (secondary N) is 1. The Morgan fingerprint density at radius 1 is 0.977 bits per heavy atom. The zero-order valence-electron chi connectivity index (χ0n) is 25.6. The Hall–Kier alpha value is -4.87. The number of furan rings is 1. The fraction of sp³-hybridized carbons (Fsp3) is 0.387. The van der Waals surface area contributed by atoms with Gasteiger partial charge in [0.25, 0.3) is 5.91 Å². The smallest absolute Gasteiger partial charge is 0.251 e. The first-order valence-electron chi connectivity index (χ1n) is 13.8. The highest BCUT2D eigenvalue weighted by atomic mass is 16.5. The minimum atomic E-state index is -1.04. The minimum absolute atomic E-state index is 0.191. The number of methoxy groups -OCH3 is 3. The molecule has 1 N–H and O–H groups in total. The van der Waals surface area contributed by atoms with Gasteiger partial charge in [0.05, 0.1) is 21.3 Å². The van der Waals surface area contributed by atoms with Gasteiger partial charge in [-0.25, -0.2) is 0 Å². The lowest BCUT2D eigenvalue weighted by molar-refractivity contribution is -0.143. The second-order valence-corrected chi connectivity index (χ2v) is 11.0. The number of hydrogen-bond acceptors (Lipinski definition) is 9. The fourth-order valence-electron chi connectivity index (χ4n) is 4.52. The van der Waals surface area contributed by atoms with E-state index in [2.05, 4.69) is 20.7 Å². The quantitative estimate of drug-likeness (QED) is 0.260. The van der Waals surface area contributed by atoms with Crippen molar-refractivity contribution in [3.05, 3.63) is 71.7 Å². The maximum atomic E-state index is 14.0. The summed E-state index contributed by atoms with van der Waals surface area (Å²) in [5, 5.41) is 15.6. The van der Waals surface area contributed by atoms with Crippen LogP contribution in [-0.2, 0) is 22.6 Å². The third-order valence-electron chi connectivity index (χ3n) is 6.58. The van der Waals surface area contributed by atoms with E-state index in [4.69, 9.17) is 18.6 Å². The summed E-state index contributed by atoms with van der Waals surface area (Å²) in [5.41, 5.74) is 1.07. The van der Waals surface area contributed by atoms with Crippen LogP contribution < -0.4 is 19.5 Å². The zero-order chi connectivity index (χ0) is 31.1. The van der Waals surface area contributed by atoms with Gasteiger partial charge in [-0.15, -0.1) is 10.2 Å². The van der Waals surface area contributed by atoms with Gasteiger partial charge in [-0.1, -0.05) is 6.07 Å². The van der Waals surface area contributed by atoms with Crippen LogP contribution >= 0.6 is 0 Å². The Balaban J connectivity index is 1.65. The Labute approximate surface area is 250 Å². The molecule has 0 aliphatic heterocycles. The molecule has 0 unspecified atom stereocenters. The first kappa shape index (κ1) is 31.1. The average molecular weight is 591 g/mol. The summed E-state index contributed by atoms with van der Waals surface area (Å²) in [6, 6.07) is 15.2. The monoisotopic (exact) mass is 590 g/mol. The molecule has 4 aromatic rings. The van der Waals surface area contributed by atoms with Crippen LogP contribution in [-0.4, -0.2) is 70.3 Å². The predicted octanol–water partition coefficient (Wildman–Crippen LogP) is 3.99. The van der Waals surface area contributed by atoms with Gasteiger partial charge in [0.2, 0.25) is 11.7 Å². The second kappa shape index (κ2) is 13.4. The van der Waals surface area contributed by atoms with E-state index in [1.54, 1.807) is 58.6 Å². The number of ether oxygens (including phenoxy) is 3. The van der Waals surface area contributed by atoms with Gasteiger partial charge in [-0.3, -0.25) is 9.59 Å². The van der Waals surface area contributed by atoms with Crippen LogP contribution in [0.3, 0.4) is 0 Å². The molecule has 0 saturated carbocycles. The van der Waals surface area contributed by atoms with Gasteiger partial charge in [-0.05, 0) is 93.4 Å². The van der Waals surface area contributed by atoms with Crippen LogP contribution in [0.1, 0.15) is 43.9 Å². The van der Waals surface area contributed by atoms with Gasteiger partial charge >= 0.3 is 0 Å². The molecule has 1 atom stereocenters. The SMILES string of the molecule is COc1ccc(-c2nnn(CC(=O)N(CCc3ccc(OC)c(OC)c3)[C@H](C(=O)NC(C)(C)C)c3ccc(C)o3)n2)cc1. The van der Waals surface area contributed by atoms with Gasteiger partial charge in [-0.2, -0.15) is 4.80 Å². The van der Waals surface area contributed by atoms with Crippen LogP contribution in [0.2, 0.25) is 0 Å². The van der Waals surface area contributed by atoms with E-state index in [1.165, 1.54) is 9.70 Å². The van der Waals surface area contributed by atoms with E-state index in [9.17, 15) is 9.59 Å². The number of rotatable bonds is 12. The fourth-order valence-corrected chi connectivity index (χ4v) is 4.52. The van der Waals surface area contributed by atoms with E-state index < -0.39 is 11.6 Å². The molecule has 0 aliphatic rings. The number of benzene rings is 2. The highest BCUT2D eigenvalue weighted by molar-refractivity contribution is 5.88. The molecule has 228 valence electrons. The van der Waals surface area contributed by atoms with Crippen LogP contribution in [0.4, 0.5) is 0 Å². The summed E-state index contributed by atoms with van der Waals surface area (Å²) in [7, 11) is 4.72. The predicted molar refractivity (Wildman–Crippen MR) is 159 cm³/mol. The number of aromatic nitrogens is 4. The lowest BCUT2D eigenvalue weighted by Crippen LogP contribution is -2.50. The summed E-state index contributed by atoms with van der Waals surface area (Å²) >= 11 is 0. The third-order valence-corrected chi connectivity index (χ3v) is 6.58. The molecule has 0 spiro atoms. The normalized spacial score (nSPS) is 12.0. The summed E-state index contributed by atoms with van der Waals surface area (Å²) in [6.07, 6.45) is 0.424. The Morgan fingerprint density at radius 2 is 1.70 bits per heavy atom. The molecular weight excluding hydrogens is 552 g/mol. The molecule has 4 rings (SSSR count). The van der Waals surface area contributed by atoms with Crippen LogP contribution in [0.25, 0.3) is 11.4 Å². The number of tetrazole rings is 1. The molecule has 12 nitrogen and oxygen atoms in total. The Morgan fingerprint density at radius 3 is 2.30 bits per heavy atom. The number of amides is 2. The van der Waals surface area contributed by atoms with Crippen molar-refractivity contribution in [2.75, 3.05) is 27.9 Å². The molecule has 12 heteroatoms. The lowest BCUT2D eigenvalue weighted by Gasteiger charge is -2.32. The topological polar surface area (TPSA) is 134 Å². The summed E-state index contributed by atoms with van der Waals surface area (Å²) in [6.45, 7) is 7.38. The standard InChI is InChI=1S/C31H38N6O6/c1-20-8-14-25(43-20)28(30(39)32-31(2,3)4)36(17-16-21-9-15-24(41-6)26(18-21)42-7)27(38)19-37-34-29(33-35-37)22-10-12-23(40-5)13-11-22/h8-15,18,28H,16-17,19H2,1-7H3,(H,32,39)/t28-/m0/s1. The minimum Gasteiger partial charge on any atom is -0.497 e. The first-order chi connectivity index (χ1) is 20.5. The number of carbonyl (C=O) groups excluding carboxylic acids is 2. The van der Waals surface area contributed by atoms with E-state index >= 15 is 0 Å². The van der Waals surface area contributed by atoms with E-state index in [1.807, 2.05) is 45.0 Å². The zero-order valence-corrected chi connectivity index (χ0v) is 25.6. The van der Waals surface area contributed by atoms with E-state index in [0.717, 1.165) is 11.1 Å². The first-order valence-corrected chi connectivity index (χ1v) is 13.8. The van der Waals surface area contributed by atoms with Crippen molar-refractivity contribution < 1.29 is 28.2 Å². The van der Waals surface area contributed by atoms with Gasteiger partial charge in [0.1, 0.15) is 23.8 Å². The van der Waals surface area contributed by atoms with Crippen LogP contribution in [0.5, 0.6) is 17.2 Å². The highest BCUT2D eigenvalue weighted by Crippen LogP contribution is 2.29. The van der Waals surface area contributed by atoms with Crippen molar-refractivity contribution >= 4 is 11.8 Å². The summed E-state index contributed by atoms with van der Waals surface area (Å²) < 4.78 is 21.9. The molecule has 2 aromatic carbocycles. The van der Waals surface area contributed by atoms with Crippen molar-refractivity contribution in [2.45, 2.75) is 52.2 Å². The second-order valence-electron chi connectivity index (χ2n) is 11.0.